The van der Waals surface area contributed by atoms with Crippen molar-refractivity contribution >= 4 is 23.2 Å². The fraction of sp³-hybridized carbons (Fsp3) is 0.0556. The SMILES string of the molecule is Cn1ncc(C(=O)Nc2cc(F)ccc2F)c1C(=O)Nc1cc(F)ccc1F. The summed E-state index contributed by atoms with van der Waals surface area (Å²) in [4.78, 5) is 24.9. The molecule has 2 aromatic carbocycles. The van der Waals surface area contributed by atoms with Gasteiger partial charge in [-0.15, -0.1) is 0 Å². The van der Waals surface area contributed by atoms with Gasteiger partial charge in [-0.05, 0) is 24.3 Å². The summed E-state index contributed by atoms with van der Waals surface area (Å²) in [6, 6.07) is 4.95. The van der Waals surface area contributed by atoms with Gasteiger partial charge >= 0.3 is 0 Å². The Morgan fingerprint density at radius 1 is 0.857 bits per heavy atom. The van der Waals surface area contributed by atoms with Gasteiger partial charge < -0.3 is 10.6 Å². The second-order valence-electron chi connectivity index (χ2n) is 5.69. The molecule has 0 bridgehead atoms. The Morgan fingerprint density at radius 3 is 1.89 bits per heavy atom. The Labute approximate surface area is 155 Å². The van der Waals surface area contributed by atoms with Crippen LogP contribution in [0.2, 0.25) is 0 Å². The first-order chi connectivity index (χ1) is 13.3. The number of anilines is 2. The summed E-state index contributed by atoms with van der Waals surface area (Å²) in [5.74, 6) is -5.21. The molecule has 1 aromatic heterocycles. The van der Waals surface area contributed by atoms with Crippen LogP contribution in [0.25, 0.3) is 0 Å². The van der Waals surface area contributed by atoms with Crippen LogP contribution >= 0.6 is 0 Å². The lowest BCUT2D eigenvalue weighted by Crippen LogP contribution is -2.22. The van der Waals surface area contributed by atoms with E-state index >= 15 is 0 Å². The van der Waals surface area contributed by atoms with Crippen molar-refractivity contribution in [3.8, 4) is 0 Å². The van der Waals surface area contributed by atoms with Crippen molar-refractivity contribution in [2.24, 2.45) is 7.05 Å². The zero-order valence-electron chi connectivity index (χ0n) is 14.3. The van der Waals surface area contributed by atoms with Crippen molar-refractivity contribution in [3.63, 3.8) is 0 Å². The number of benzene rings is 2. The van der Waals surface area contributed by atoms with Gasteiger partial charge in [-0.1, -0.05) is 0 Å². The lowest BCUT2D eigenvalue weighted by molar-refractivity contribution is 0.0984. The lowest BCUT2D eigenvalue weighted by atomic mass is 10.2. The fourth-order valence-electron chi connectivity index (χ4n) is 2.43. The standard InChI is InChI=1S/C18H12F4N4O2/c1-26-16(18(28)25-15-7-10(20)3-5-13(15)22)11(8-23-26)17(27)24-14-6-9(19)2-4-12(14)21/h2-8H,1H3,(H,24,27)(H,25,28). The van der Waals surface area contributed by atoms with Gasteiger partial charge in [-0.2, -0.15) is 5.10 Å². The number of hydrogen-bond acceptors (Lipinski definition) is 3. The van der Waals surface area contributed by atoms with Crippen LogP contribution < -0.4 is 10.6 Å². The molecule has 0 saturated carbocycles. The Kier molecular flexibility index (Phi) is 5.12. The van der Waals surface area contributed by atoms with Gasteiger partial charge in [0.1, 0.15) is 29.0 Å². The normalized spacial score (nSPS) is 10.6. The fourth-order valence-corrected chi connectivity index (χ4v) is 2.43. The summed E-state index contributed by atoms with van der Waals surface area (Å²) in [5, 5.41) is 8.07. The maximum absolute atomic E-state index is 13.7. The van der Waals surface area contributed by atoms with E-state index in [0.29, 0.717) is 0 Å². The number of aromatic nitrogens is 2. The third-order valence-corrected chi connectivity index (χ3v) is 3.75. The molecular formula is C18H12F4N4O2. The van der Waals surface area contributed by atoms with Gasteiger partial charge in [-0.3, -0.25) is 14.3 Å². The van der Waals surface area contributed by atoms with Crippen LogP contribution in [0.4, 0.5) is 28.9 Å². The van der Waals surface area contributed by atoms with Crippen molar-refractivity contribution < 1.29 is 27.2 Å². The maximum Gasteiger partial charge on any atom is 0.274 e. The Bertz CT molecular complexity index is 1080. The molecule has 0 atom stereocenters. The van der Waals surface area contributed by atoms with E-state index in [2.05, 4.69) is 15.7 Å². The molecule has 1 heterocycles. The number of halogens is 4. The van der Waals surface area contributed by atoms with E-state index in [1.165, 1.54) is 7.05 Å². The molecule has 2 amide bonds. The molecular weight excluding hydrogens is 380 g/mol. The second-order valence-corrected chi connectivity index (χ2v) is 5.69. The first-order valence-corrected chi connectivity index (χ1v) is 7.81. The molecule has 6 nitrogen and oxygen atoms in total. The summed E-state index contributed by atoms with van der Waals surface area (Å²) in [5.41, 5.74) is -1.44. The van der Waals surface area contributed by atoms with Crippen molar-refractivity contribution in [2.45, 2.75) is 0 Å². The zero-order valence-corrected chi connectivity index (χ0v) is 14.3. The highest BCUT2D eigenvalue weighted by atomic mass is 19.1. The van der Waals surface area contributed by atoms with Crippen LogP contribution in [0.1, 0.15) is 20.8 Å². The van der Waals surface area contributed by atoms with E-state index < -0.39 is 46.5 Å². The number of nitrogens with zero attached hydrogens (tertiary/aromatic N) is 2. The number of carbonyl (C=O) groups excluding carboxylic acids is 2. The number of nitrogens with one attached hydrogen (secondary N) is 2. The number of aryl methyl sites for hydroxylation is 1. The topological polar surface area (TPSA) is 76.0 Å². The van der Waals surface area contributed by atoms with Crippen LogP contribution in [0, 0.1) is 23.3 Å². The predicted octanol–water partition coefficient (Wildman–Crippen LogP) is 3.48. The van der Waals surface area contributed by atoms with Crippen LogP contribution in [0.3, 0.4) is 0 Å². The Balaban J connectivity index is 1.88. The zero-order chi connectivity index (χ0) is 20.4. The van der Waals surface area contributed by atoms with Gasteiger partial charge in [0.25, 0.3) is 11.8 Å². The minimum absolute atomic E-state index is 0.277. The van der Waals surface area contributed by atoms with E-state index in [-0.39, 0.29) is 11.3 Å². The van der Waals surface area contributed by atoms with E-state index in [1.807, 2.05) is 0 Å². The quantitative estimate of drug-likeness (QED) is 0.668. The molecule has 3 aromatic rings. The summed E-state index contributed by atoms with van der Waals surface area (Å²) < 4.78 is 55.0. The largest absolute Gasteiger partial charge is 0.319 e. The van der Waals surface area contributed by atoms with Gasteiger partial charge in [0, 0.05) is 19.2 Å². The van der Waals surface area contributed by atoms with E-state index in [4.69, 9.17) is 0 Å². The summed E-state index contributed by atoms with van der Waals surface area (Å²) in [6.45, 7) is 0. The number of rotatable bonds is 4. The Morgan fingerprint density at radius 2 is 1.36 bits per heavy atom. The van der Waals surface area contributed by atoms with E-state index in [1.54, 1.807) is 0 Å². The molecule has 0 aliphatic heterocycles. The predicted molar refractivity (Wildman–Crippen MR) is 91.8 cm³/mol. The minimum Gasteiger partial charge on any atom is -0.319 e. The Hall–Kier alpha value is -3.69. The third kappa shape index (κ3) is 3.85. The third-order valence-electron chi connectivity index (χ3n) is 3.75. The molecule has 0 unspecified atom stereocenters. The number of amides is 2. The highest BCUT2D eigenvalue weighted by Crippen LogP contribution is 2.20. The van der Waals surface area contributed by atoms with Crippen LogP contribution in [0.15, 0.2) is 42.6 Å². The summed E-state index contributed by atoms with van der Waals surface area (Å²) in [6.07, 6.45) is 1.03. The van der Waals surface area contributed by atoms with Gasteiger partial charge in [0.05, 0.1) is 23.1 Å². The molecule has 144 valence electrons. The smallest absolute Gasteiger partial charge is 0.274 e. The van der Waals surface area contributed by atoms with Crippen molar-refractivity contribution in [1.29, 1.82) is 0 Å². The molecule has 3 rings (SSSR count). The highest BCUT2D eigenvalue weighted by Gasteiger charge is 2.24. The van der Waals surface area contributed by atoms with Crippen molar-refractivity contribution in [2.75, 3.05) is 10.6 Å². The average Bonchev–Trinajstić information content (AvgIpc) is 3.03. The molecule has 0 spiro atoms. The van der Waals surface area contributed by atoms with Gasteiger partial charge in [0.15, 0.2) is 0 Å². The molecule has 0 aliphatic carbocycles. The highest BCUT2D eigenvalue weighted by molar-refractivity contribution is 6.14. The van der Waals surface area contributed by atoms with Gasteiger partial charge in [-0.25, -0.2) is 17.6 Å². The van der Waals surface area contributed by atoms with Crippen LogP contribution in [-0.4, -0.2) is 21.6 Å². The monoisotopic (exact) mass is 392 g/mol. The first kappa shape index (κ1) is 19.1. The first-order valence-electron chi connectivity index (χ1n) is 7.81. The molecule has 0 radical (unpaired) electrons. The second kappa shape index (κ2) is 7.51. The molecule has 0 saturated heterocycles. The maximum atomic E-state index is 13.7. The molecule has 0 fully saturated rings. The van der Waals surface area contributed by atoms with Crippen LogP contribution in [-0.2, 0) is 7.05 Å². The van der Waals surface area contributed by atoms with E-state index in [0.717, 1.165) is 47.3 Å². The van der Waals surface area contributed by atoms with Crippen molar-refractivity contribution in [3.05, 3.63) is 77.1 Å². The van der Waals surface area contributed by atoms with Crippen LogP contribution in [0.5, 0.6) is 0 Å². The minimum atomic E-state index is -0.950. The van der Waals surface area contributed by atoms with E-state index in [9.17, 15) is 27.2 Å². The molecule has 0 aliphatic rings. The lowest BCUT2D eigenvalue weighted by Gasteiger charge is -2.10. The molecule has 2 N–H and O–H groups in total. The summed E-state index contributed by atoms with van der Waals surface area (Å²) >= 11 is 0. The number of carbonyl (C=O) groups is 2. The average molecular weight is 392 g/mol. The summed E-state index contributed by atoms with van der Waals surface area (Å²) in [7, 11) is 1.34. The number of hydrogen-bond donors (Lipinski definition) is 2. The van der Waals surface area contributed by atoms with Crippen molar-refractivity contribution in [1.82, 2.24) is 9.78 Å². The molecule has 28 heavy (non-hydrogen) atoms. The molecule has 10 heteroatoms. The van der Waals surface area contributed by atoms with Gasteiger partial charge in [0.2, 0.25) is 0 Å².